The second-order valence-electron chi connectivity index (χ2n) is 5.35. The van der Waals surface area contributed by atoms with Crippen LogP contribution in [-0.4, -0.2) is 45.4 Å². The molecule has 0 aromatic heterocycles. The standard InChI is InChI=1S/C16H23NO3/c1-14-4-6-15(7-5-14)3-2-10-20-16(18)13-17-8-11-19-12-9-17/h4-7H,2-3,8-13H2,1H3/p+1. The van der Waals surface area contributed by atoms with Crippen molar-refractivity contribution in [3.8, 4) is 0 Å². The molecule has 0 atom stereocenters. The topological polar surface area (TPSA) is 40.0 Å². The van der Waals surface area contributed by atoms with Crippen LogP contribution in [0.5, 0.6) is 0 Å². The molecule has 2 rings (SSSR count). The van der Waals surface area contributed by atoms with E-state index in [1.165, 1.54) is 16.0 Å². The van der Waals surface area contributed by atoms with Gasteiger partial charge in [0.05, 0.1) is 19.8 Å². The third-order valence-electron chi connectivity index (χ3n) is 3.59. The highest BCUT2D eigenvalue weighted by atomic mass is 16.5. The summed E-state index contributed by atoms with van der Waals surface area (Å²) in [5.74, 6) is -0.0918. The maximum absolute atomic E-state index is 11.7. The van der Waals surface area contributed by atoms with Crippen molar-refractivity contribution in [2.45, 2.75) is 19.8 Å². The largest absolute Gasteiger partial charge is 0.462 e. The van der Waals surface area contributed by atoms with Gasteiger partial charge in [-0.1, -0.05) is 29.8 Å². The third kappa shape index (κ3) is 5.31. The van der Waals surface area contributed by atoms with Crippen LogP contribution >= 0.6 is 0 Å². The average molecular weight is 278 g/mol. The first-order valence-electron chi connectivity index (χ1n) is 7.36. The first kappa shape index (κ1) is 15.0. The van der Waals surface area contributed by atoms with Crippen molar-refractivity contribution in [3.05, 3.63) is 35.4 Å². The first-order valence-corrected chi connectivity index (χ1v) is 7.36. The third-order valence-corrected chi connectivity index (χ3v) is 3.59. The van der Waals surface area contributed by atoms with Gasteiger partial charge in [0.25, 0.3) is 0 Å². The molecule has 1 saturated heterocycles. The predicted octanol–water partition coefficient (Wildman–Crippen LogP) is 0.386. The van der Waals surface area contributed by atoms with Crippen molar-refractivity contribution in [2.24, 2.45) is 0 Å². The second-order valence-corrected chi connectivity index (χ2v) is 5.35. The van der Waals surface area contributed by atoms with Crippen LogP contribution < -0.4 is 4.90 Å². The van der Waals surface area contributed by atoms with E-state index in [1.807, 2.05) is 0 Å². The lowest BCUT2D eigenvalue weighted by Crippen LogP contribution is -3.15. The van der Waals surface area contributed by atoms with Gasteiger partial charge in [-0.25, -0.2) is 4.79 Å². The molecule has 1 aliphatic heterocycles. The van der Waals surface area contributed by atoms with Gasteiger partial charge < -0.3 is 14.4 Å². The molecule has 0 radical (unpaired) electrons. The van der Waals surface area contributed by atoms with Crippen LogP contribution in [0, 0.1) is 6.92 Å². The van der Waals surface area contributed by atoms with Crippen LogP contribution in [0.4, 0.5) is 0 Å². The van der Waals surface area contributed by atoms with Crippen LogP contribution in [0.15, 0.2) is 24.3 Å². The van der Waals surface area contributed by atoms with E-state index >= 15 is 0 Å². The minimum absolute atomic E-state index is 0.0918. The molecule has 1 aliphatic rings. The van der Waals surface area contributed by atoms with E-state index in [0.717, 1.165) is 39.1 Å². The van der Waals surface area contributed by atoms with Gasteiger partial charge in [0.2, 0.25) is 0 Å². The molecule has 1 fully saturated rings. The van der Waals surface area contributed by atoms with E-state index in [2.05, 4.69) is 31.2 Å². The summed E-state index contributed by atoms with van der Waals surface area (Å²) in [5.41, 5.74) is 2.57. The predicted molar refractivity (Wildman–Crippen MR) is 76.8 cm³/mol. The zero-order chi connectivity index (χ0) is 14.2. The van der Waals surface area contributed by atoms with Crippen molar-refractivity contribution >= 4 is 5.97 Å². The van der Waals surface area contributed by atoms with Crippen molar-refractivity contribution in [2.75, 3.05) is 39.5 Å². The number of quaternary nitrogens is 1. The lowest BCUT2D eigenvalue weighted by Gasteiger charge is -2.22. The van der Waals surface area contributed by atoms with Crippen LogP contribution in [0.3, 0.4) is 0 Å². The van der Waals surface area contributed by atoms with Crippen LogP contribution in [-0.2, 0) is 20.7 Å². The summed E-state index contributed by atoms with van der Waals surface area (Å²) >= 11 is 0. The Labute approximate surface area is 120 Å². The van der Waals surface area contributed by atoms with Gasteiger partial charge in [-0.3, -0.25) is 0 Å². The van der Waals surface area contributed by atoms with Crippen molar-refractivity contribution < 1.29 is 19.2 Å². The SMILES string of the molecule is Cc1ccc(CCCOC(=O)C[NH+]2CCOCC2)cc1. The van der Waals surface area contributed by atoms with Crippen molar-refractivity contribution in [1.82, 2.24) is 0 Å². The number of carbonyl (C=O) groups is 1. The fourth-order valence-corrected chi connectivity index (χ4v) is 2.31. The van der Waals surface area contributed by atoms with Gasteiger partial charge in [-0.2, -0.15) is 0 Å². The number of morpholine rings is 1. The zero-order valence-corrected chi connectivity index (χ0v) is 12.2. The van der Waals surface area contributed by atoms with Crippen LogP contribution in [0.25, 0.3) is 0 Å². The molecule has 0 spiro atoms. The summed E-state index contributed by atoms with van der Waals surface area (Å²) in [4.78, 5) is 12.9. The Kier molecular flexibility index (Phi) is 6.02. The maximum Gasteiger partial charge on any atom is 0.361 e. The number of aryl methyl sites for hydroxylation is 2. The summed E-state index contributed by atoms with van der Waals surface area (Å²) < 4.78 is 10.6. The summed E-state index contributed by atoms with van der Waals surface area (Å²) in [6, 6.07) is 8.50. The Hall–Kier alpha value is -1.39. The van der Waals surface area contributed by atoms with E-state index in [0.29, 0.717) is 13.2 Å². The second kappa shape index (κ2) is 8.02. The fraction of sp³-hybridized carbons (Fsp3) is 0.562. The highest BCUT2D eigenvalue weighted by molar-refractivity contribution is 5.70. The zero-order valence-electron chi connectivity index (χ0n) is 12.2. The lowest BCUT2D eigenvalue weighted by atomic mass is 10.1. The van der Waals surface area contributed by atoms with E-state index in [9.17, 15) is 4.79 Å². The highest BCUT2D eigenvalue weighted by Crippen LogP contribution is 2.05. The summed E-state index contributed by atoms with van der Waals surface area (Å²) in [6.07, 6.45) is 1.84. The van der Waals surface area contributed by atoms with E-state index in [-0.39, 0.29) is 5.97 Å². The Morgan fingerprint density at radius 1 is 1.25 bits per heavy atom. The summed E-state index contributed by atoms with van der Waals surface area (Å²) in [5, 5.41) is 0. The molecule has 0 aliphatic carbocycles. The summed E-state index contributed by atoms with van der Waals surface area (Å²) in [6.45, 7) is 6.35. The molecular weight excluding hydrogens is 254 g/mol. The van der Waals surface area contributed by atoms with Gasteiger partial charge >= 0.3 is 5.97 Å². The molecule has 1 N–H and O–H groups in total. The van der Waals surface area contributed by atoms with Crippen LogP contribution in [0.1, 0.15) is 17.5 Å². The normalized spacial score (nSPS) is 16.1. The minimum atomic E-state index is -0.0918. The molecule has 4 nitrogen and oxygen atoms in total. The molecular formula is C16H24NO3+. The fourth-order valence-electron chi connectivity index (χ4n) is 2.31. The number of esters is 1. The first-order chi connectivity index (χ1) is 9.74. The minimum Gasteiger partial charge on any atom is -0.462 e. The van der Waals surface area contributed by atoms with E-state index in [4.69, 9.17) is 9.47 Å². The summed E-state index contributed by atoms with van der Waals surface area (Å²) in [7, 11) is 0. The average Bonchev–Trinajstić information content (AvgIpc) is 2.46. The van der Waals surface area contributed by atoms with E-state index < -0.39 is 0 Å². The number of ether oxygens (including phenoxy) is 2. The highest BCUT2D eigenvalue weighted by Gasteiger charge is 2.18. The Morgan fingerprint density at radius 2 is 1.95 bits per heavy atom. The number of hydrogen-bond acceptors (Lipinski definition) is 3. The number of benzene rings is 1. The van der Waals surface area contributed by atoms with Crippen LogP contribution in [0.2, 0.25) is 0 Å². The van der Waals surface area contributed by atoms with Crippen molar-refractivity contribution in [1.29, 1.82) is 0 Å². The monoisotopic (exact) mass is 278 g/mol. The molecule has 1 heterocycles. The molecule has 4 heteroatoms. The molecule has 0 amide bonds. The number of carbonyl (C=O) groups excluding carboxylic acids is 1. The molecule has 0 bridgehead atoms. The smallest absolute Gasteiger partial charge is 0.361 e. The lowest BCUT2D eigenvalue weighted by molar-refractivity contribution is -0.900. The molecule has 0 unspecified atom stereocenters. The maximum atomic E-state index is 11.7. The Bertz CT molecular complexity index is 410. The van der Waals surface area contributed by atoms with E-state index in [1.54, 1.807) is 0 Å². The van der Waals surface area contributed by atoms with Gasteiger partial charge in [0, 0.05) is 0 Å². The Balaban J connectivity index is 1.58. The molecule has 20 heavy (non-hydrogen) atoms. The quantitative estimate of drug-likeness (QED) is 0.604. The van der Waals surface area contributed by atoms with Gasteiger partial charge in [-0.05, 0) is 25.3 Å². The number of hydrogen-bond donors (Lipinski definition) is 1. The molecule has 1 aromatic rings. The van der Waals surface area contributed by atoms with Gasteiger partial charge in [-0.15, -0.1) is 0 Å². The molecule has 0 saturated carbocycles. The number of rotatable bonds is 6. The molecule has 1 aromatic carbocycles. The van der Waals surface area contributed by atoms with Gasteiger partial charge in [0.15, 0.2) is 6.54 Å². The number of nitrogens with one attached hydrogen (secondary N) is 1. The molecule has 110 valence electrons. The Morgan fingerprint density at radius 3 is 2.65 bits per heavy atom. The van der Waals surface area contributed by atoms with Gasteiger partial charge in [0.1, 0.15) is 13.1 Å². The van der Waals surface area contributed by atoms with Crippen molar-refractivity contribution in [3.63, 3.8) is 0 Å².